The monoisotopic (exact) mass is 323 g/mol. The van der Waals surface area contributed by atoms with E-state index in [2.05, 4.69) is 4.98 Å². The summed E-state index contributed by atoms with van der Waals surface area (Å²) in [6, 6.07) is 4.91. The number of halogens is 2. The third-order valence-corrected chi connectivity index (χ3v) is 4.61. The highest BCUT2D eigenvalue weighted by atomic mass is 35.5. The molecule has 1 aromatic carbocycles. The first-order valence-electron chi connectivity index (χ1n) is 7.09. The van der Waals surface area contributed by atoms with E-state index < -0.39 is 5.97 Å². The van der Waals surface area contributed by atoms with Crippen molar-refractivity contribution in [1.82, 2.24) is 4.98 Å². The Hall–Kier alpha value is -1.32. The standard InChI is InChI=1S/C16H15Cl2NO2/c17-10-6-11-12(16(20)21)8-14(9-4-2-1-3-5-9)19-15(11)13(18)7-10/h6-9H,1-5H2,(H,20,21). The number of carboxylic acid groups (broad SMARTS) is 1. The summed E-state index contributed by atoms with van der Waals surface area (Å²) in [5, 5.41) is 10.8. The smallest absolute Gasteiger partial charge is 0.336 e. The van der Waals surface area contributed by atoms with Gasteiger partial charge in [-0.05, 0) is 31.0 Å². The molecule has 1 aliphatic rings. The molecule has 3 rings (SSSR count). The molecule has 110 valence electrons. The van der Waals surface area contributed by atoms with E-state index in [1.54, 1.807) is 18.2 Å². The second-order valence-corrected chi connectivity index (χ2v) is 6.36. The molecule has 0 bridgehead atoms. The van der Waals surface area contributed by atoms with E-state index in [0.29, 0.717) is 26.9 Å². The molecule has 2 aromatic rings. The largest absolute Gasteiger partial charge is 0.478 e. The van der Waals surface area contributed by atoms with Crippen LogP contribution in [0.3, 0.4) is 0 Å². The van der Waals surface area contributed by atoms with E-state index >= 15 is 0 Å². The Labute approximate surface area is 132 Å². The van der Waals surface area contributed by atoms with E-state index in [4.69, 9.17) is 23.2 Å². The zero-order valence-electron chi connectivity index (χ0n) is 11.4. The van der Waals surface area contributed by atoms with Crippen LogP contribution in [-0.4, -0.2) is 16.1 Å². The number of fused-ring (bicyclic) bond motifs is 1. The summed E-state index contributed by atoms with van der Waals surface area (Å²) in [4.78, 5) is 16.2. The SMILES string of the molecule is O=C(O)c1cc(C2CCCCC2)nc2c(Cl)cc(Cl)cc12. The molecule has 1 saturated carbocycles. The number of benzene rings is 1. The Morgan fingerprint density at radius 2 is 1.86 bits per heavy atom. The first kappa shape index (κ1) is 14.6. The molecule has 1 aromatic heterocycles. The normalized spacial score (nSPS) is 16.3. The van der Waals surface area contributed by atoms with Crippen LogP contribution in [0, 0.1) is 0 Å². The molecule has 0 radical (unpaired) electrons. The summed E-state index contributed by atoms with van der Waals surface area (Å²) in [7, 11) is 0. The minimum atomic E-state index is -0.974. The fourth-order valence-electron chi connectivity index (χ4n) is 3.06. The highest BCUT2D eigenvalue weighted by Crippen LogP contribution is 2.35. The second-order valence-electron chi connectivity index (χ2n) is 5.52. The predicted molar refractivity (Wildman–Crippen MR) is 84.5 cm³/mol. The van der Waals surface area contributed by atoms with Crippen LogP contribution in [0.4, 0.5) is 0 Å². The van der Waals surface area contributed by atoms with Gasteiger partial charge >= 0.3 is 5.97 Å². The van der Waals surface area contributed by atoms with E-state index in [9.17, 15) is 9.90 Å². The maximum absolute atomic E-state index is 11.6. The zero-order chi connectivity index (χ0) is 15.0. The molecule has 5 heteroatoms. The van der Waals surface area contributed by atoms with E-state index in [0.717, 1.165) is 18.5 Å². The number of aromatic nitrogens is 1. The number of carbonyl (C=O) groups is 1. The Kier molecular flexibility index (Phi) is 4.05. The lowest BCUT2D eigenvalue weighted by Gasteiger charge is -2.22. The second kappa shape index (κ2) is 5.82. The topological polar surface area (TPSA) is 50.2 Å². The summed E-state index contributed by atoms with van der Waals surface area (Å²) in [6.07, 6.45) is 5.69. The Balaban J connectivity index is 2.21. The maximum Gasteiger partial charge on any atom is 0.336 e. The van der Waals surface area contributed by atoms with Gasteiger partial charge in [0.25, 0.3) is 0 Å². The molecule has 0 atom stereocenters. The van der Waals surface area contributed by atoms with Gasteiger partial charge in [0, 0.05) is 22.0 Å². The van der Waals surface area contributed by atoms with Crippen LogP contribution in [0.15, 0.2) is 18.2 Å². The van der Waals surface area contributed by atoms with Crippen molar-refractivity contribution in [3.05, 3.63) is 39.5 Å². The molecular formula is C16H15Cl2NO2. The van der Waals surface area contributed by atoms with Crippen LogP contribution < -0.4 is 0 Å². The Morgan fingerprint density at radius 1 is 1.14 bits per heavy atom. The third kappa shape index (κ3) is 2.85. The lowest BCUT2D eigenvalue weighted by atomic mass is 9.86. The molecule has 0 aliphatic heterocycles. The van der Waals surface area contributed by atoms with Crippen molar-refractivity contribution in [2.24, 2.45) is 0 Å². The van der Waals surface area contributed by atoms with Gasteiger partial charge in [0.2, 0.25) is 0 Å². The predicted octanol–water partition coefficient (Wildman–Crippen LogP) is 5.29. The molecule has 1 aliphatic carbocycles. The van der Waals surface area contributed by atoms with Crippen LogP contribution in [0.5, 0.6) is 0 Å². The number of carboxylic acids is 1. The van der Waals surface area contributed by atoms with Crippen LogP contribution in [0.25, 0.3) is 10.9 Å². The first-order chi connectivity index (χ1) is 10.1. The first-order valence-corrected chi connectivity index (χ1v) is 7.85. The molecule has 0 spiro atoms. The van der Waals surface area contributed by atoms with Crippen molar-refractivity contribution in [2.45, 2.75) is 38.0 Å². The molecule has 1 fully saturated rings. The van der Waals surface area contributed by atoms with E-state index in [1.807, 2.05) is 0 Å². The Morgan fingerprint density at radius 3 is 2.52 bits per heavy atom. The lowest BCUT2D eigenvalue weighted by Crippen LogP contribution is -2.09. The molecule has 0 unspecified atom stereocenters. The summed E-state index contributed by atoms with van der Waals surface area (Å²) < 4.78 is 0. The number of pyridine rings is 1. The van der Waals surface area contributed by atoms with Gasteiger partial charge in [-0.25, -0.2) is 4.79 Å². The number of rotatable bonds is 2. The average Bonchev–Trinajstić information content (AvgIpc) is 2.47. The fourth-order valence-corrected chi connectivity index (χ4v) is 3.59. The van der Waals surface area contributed by atoms with E-state index in [1.165, 1.54) is 19.3 Å². The highest BCUT2D eigenvalue weighted by molar-refractivity contribution is 6.38. The number of aromatic carboxylic acids is 1. The highest BCUT2D eigenvalue weighted by Gasteiger charge is 2.21. The summed E-state index contributed by atoms with van der Waals surface area (Å²) in [6.45, 7) is 0. The third-order valence-electron chi connectivity index (χ3n) is 4.11. The van der Waals surface area contributed by atoms with Gasteiger partial charge in [0.15, 0.2) is 0 Å². The quantitative estimate of drug-likeness (QED) is 0.817. The van der Waals surface area contributed by atoms with Gasteiger partial charge < -0.3 is 5.11 Å². The van der Waals surface area contributed by atoms with Gasteiger partial charge in [-0.2, -0.15) is 0 Å². The van der Waals surface area contributed by atoms with Crippen molar-refractivity contribution in [1.29, 1.82) is 0 Å². The minimum Gasteiger partial charge on any atom is -0.478 e. The van der Waals surface area contributed by atoms with Crippen LogP contribution in [0.2, 0.25) is 10.0 Å². The number of hydrogen-bond acceptors (Lipinski definition) is 2. The van der Waals surface area contributed by atoms with E-state index in [-0.39, 0.29) is 5.56 Å². The van der Waals surface area contributed by atoms with Crippen molar-refractivity contribution in [3.63, 3.8) is 0 Å². The molecule has 3 nitrogen and oxygen atoms in total. The van der Waals surface area contributed by atoms with Crippen LogP contribution >= 0.6 is 23.2 Å². The van der Waals surface area contributed by atoms with Gasteiger partial charge in [-0.1, -0.05) is 42.5 Å². The van der Waals surface area contributed by atoms with Gasteiger partial charge in [0.1, 0.15) is 0 Å². The van der Waals surface area contributed by atoms with Crippen molar-refractivity contribution < 1.29 is 9.90 Å². The molecule has 1 N–H and O–H groups in total. The minimum absolute atomic E-state index is 0.227. The maximum atomic E-state index is 11.6. The molecule has 21 heavy (non-hydrogen) atoms. The molecule has 1 heterocycles. The van der Waals surface area contributed by atoms with Gasteiger partial charge in [0.05, 0.1) is 16.1 Å². The van der Waals surface area contributed by atoms with Gasteiger partial charge in [-0.15, -0.1) is 0 Å². The summed E-state index contributed by atoms with van der Waals surface area (Å²) in [5.41, 5.74) is 1.59. The molecular weight excluding hydrogens is 309 g/mol. The van der Waals surface area contributed by atoms with Crippen LogP contribution in [0.1, 0.15) is 54.1 Å². The summed E-state index contributed by atoms with van der Waals surface area (Å²) in [5.74, 6) is -0.647. The number of nitrogens with zero attached hydrogens (tertiary/aromatic N) is 1. The fraction of sp³-hybridized carbons (Fsp3) is 0.375. The molecule has 0 amide bonds. The lowest BCUT2D eigenvalue weighted by molar-refractivity contribution is 0.0699. The average molecular weight is 324 g/mol. The zero-order valence-corrected chi connectivity index (χ0v) is 12.9. The molecule has 0 saturated heterocycles. The van der Waals surface area contributed by atoms with Gasteiger partial charge in [-0.3, -0.25) is 4.98 Å². The number of hydrogen-bond donors (Lipinski definition) is 1. The van der Waals surface area contributed by atoms with Crippen molar-refractivity contribution in [3.8, 4) is 0 Å². The Bertz CT molecular complexity index is 709. The van der Waals surface area contributed by atoms with Crippen molar-refractivity contribution >= 4 is 40.1 Å². The van der Waals surface area contributed by atoms with Crippen LogP contribution in [-0.2, 0) is 0 Å². The summed E-state index contributed by atoms with van der Waals surface area (Å²) >= 11 is 12.2. The van der Waals surface area contributed by atoms with Crippen molar-refractivity contribution in [2.75, 3.05) is 0 Å².